The topological polar surface area (TPSA) is 63.0 Å². The lowest BCUT2D eigenvalue weighted by Gasteiger charge is -2.02. The Labute approximate surface area is 119 Å². The van der Waals surface area contributed by atoms with Crippen molar-refractivity contribution < 1.29 is 9.21 Å². The van der Waals surface area contributed by atoms with Crippen LogP contribution in [0.25, 0.3) is 11.3 Å². The van der Waals surface area contributed by atoms with E-state index in [-0.39, 0.29) is 11.7 Å². The summed E-state index contributed by atoms with van der Waals surface area (Å²) >= 11 is 5.18. The Morgan fingerprint density at radius 3 is 2.70 bits per heavy atom. The highest BCUT2D eigenvalue weighted by Gasteiger charge is 2.10. The van der Waals surface area contributed by atoms with Crippen molar-refractivity contribution in [2.24, 2.45) is 0 Å². The molecule has 2 aromatic heterocycles. The second-order valence-corrected chi connectivity index (χ2v) is 4.51. The van der Waals surface area contributed by atoms with Crippen molar-refractivity contribution in [3.05, 3.63) is 65.5 Å². The Hall–Kier alpha value is -2.60. The number of carbonyl (C=O) groups excluding carboxylic acids is 1. The molecule has 0 saturated carbocycles. The minimum atomic E-state index is -0.357. The zero-order valence-corrected chi connectivity index (χ0v) is 11.2. The molecule has 0 aliphatic rings. The minimum absolute atomic E-state index is 0.231. The van der Waals surface area contributed by atoms with Gasteiger partial charge in [-0.05, 0) is 29.9 Å². The number of hydrogen-bond donors (Lipinski definition) is 2. The number of H-pyrrole nitrogens is 1. The molecule has 2 N–H and O–H groups in total. The Morgan fingerprint density at radius 1 is 1.20 bits per heavy atom. The largest absolute Gasteiger partial charge is 0.459 e. The van der Waals surface area contributed by atoms with E-state index in [1.165, 1.54) is 10.9 Å². The van der Waals surface area contributed by atoms with Crippen molar-refractivity contribution >= 4 is 18.1 Å². The fourth-order valence-corrected chi connectivity index (χ4v) is 2.02. The van der Waals surface area contributed by atoms with E-state index in [0.717, 1.165) is 11.3 Å². The van der Waals surface area contributed by atoms with Gasteiger partial charge in [0.15, 0.2) is 10.5 Å². The van der Waals surface area contributed by atoms with Gasteiger partial charge in [-0.3, -0.25) is 10.2 Å². The molecule has 3 aromatic rings. The number of nitrogens with zero attached hydrogens (tertiary/aromatic N) is 1. The maximum absolute atomic E-state index is 11.9. The second-order valence-electron chi connectivity index (χ2n) is 4.13. The van der Waals surface area contributed by atoms with Crippen LogP contribution in [0.1, 0.15) is 10.6 Å². The van der Waals surface area contributed by atoms with Crippen LogP contribution < -0.4 is 5.43 Å². The first-order valence-electron chi connectivity index (χ1n) is 5.96. The number of rotatable bonds is 3. The number of hydrogen-bond acceptors (Lipinski definition) is 3. The first kappa shape index (κ1) is 12.4. The molecule has 3 rings (SSSR count). The zero-order chi connectivity index (χ0) is 13.9. The number of nitrogens with one attached hydrogen (secondary N) is 2. The third-order valence-electron chi connectivity index (χ3n) is 2.77. The van der Waals surface area contributed by atoms with Gasteiger partial charge in [0.2, 0.25) is 0 Å². The lowest BCUT2D eigenvalue weighted by Crippen LogP contribution is -2.21. The summed E-state index contributed by atoms with van der Waals surface area (Å²) in [6.45, 7) is 0. The van der Waals surface area contributed by atoms with Gasteiger partial charge >= 0.3 is 5.91 Å². The van der Waals surface area contributed by atoms with Crippen molar-refractivity contribution in [2.45, 2.75) is 0 Å². The standard InChI is InChI=1S/C14H11N3O2S/c18-13(12-7-4-8-19-12)16-17-9-11(15-14(17)20)10-5-2-1-3-6-10/h1-9H,(H,15,20)(H,16,18). The van der Waals surface area contributed by atoms with Crippen LogP contribution in [0.4, 0.5) is 0 Å². The Morgan fingerprint density at radius 2 is 2.00 bits per heavy atom. The van der Waals surface area contributed by atoms with Crippen LogP contribution in [-0.2, 0) is 0 Å². The average molecular weight is 285 g/mol. The number of aromatic nitrogens is 2. The fourth-order valence-electron chi connectivity index (χ4n) is 1.82. The summed E-state index contributed by atoms with van der Waals surface area (Å²) in [6.07, 6.45) is 3.18. The Balaban J connectivity index is 1.87. The molecule has 20 heavy (non-hydrogen) atoms. The fraction of sp³-hybridized carbons (Fsp3) is 0. The highest BCUT2D eigenvalue weighted by Crippen LogP contribution is 2.16. The Bertz CT molecular complexity index is 772. The highest BCUT2D eigenvalue weighted by molar-refractivity contribution is 7.71. The van der Waals surface area contributed by atoms with Gasteiger partial charge in [-0.25, -0.2) is 4.68 Å². The van der Waals surface area contributed by atoms with Gasteiger partial charge in [0, 0.05) is 0 Å². The van der Waals surface area contributed by atoms with E-state index in [1.54, 1.807) is 18.3 Å². The van der Waals surface area contributed by atoms with Crippen LogP contribution in [0, 0.1) is 4.77 Å². The summed E-state index contributed by atoms with van der Waals surface area (Å²) in [5, 5.41) is 0. The van der Waals surface area contributed by atoms with Gasteiger partial charge in [0.25, 0.3) is 0 Å². The van der Waals surface area contributed by atoms with Crippen molar-refractivity contribution in [3.63, 3.8) is 0 Å². The normalized spacial score (nSPS) is 10.4. The molecule has 2 heterocycles. The molecule has 0 fully saturated rings. The number of aromatic amines is 1. The molecule has 0 aliphatic heterocycles. The number of carbonyl (C=O) groups is 1. The molecule has 6 heteroatoms. The van der Waals surface area contributed by atoms with E-state index in [4.69, 9.17) is 16.6 Å². The molecule has 0 unspecified atom stereocenters. The summed E-state index contributed by atoms with van der Waals surface area (Å²) < 4.78 is 6.90. The predicted octanol–water partition coefficient (Wildman–Crippen LogP) is 3.19. The van der Waals surface area contributed by atoms with Crippen molar-refractivity contribution in [1.82, 2.24) is 9.66 Å². The molecule has 1 aromatic carbocycles. The molecule has 1 amide bonds. The first-order valence-corrected chi connectivity index (χ1v) is 6.37. The monoisotopic (exact) mass is 285 g/mol. The molecule has 100 valence electrons. The predicted molar refractivity (Wildman–Crippen MR) is 77.5 cm³/mol. The van der Waals surface area contributed by atoms with E-state index >= 15 is 0 Å². The minimum Gasteiger partial charge on any atom is -0.459 e. The smallest absolute Gasteiger partial charge is 0.305 e. The van der Waals surface area contributed by atoms with Crippen LogP contribution >= 0.6 is 12.2 Å². The maximum atomic E-state index is 11.9. The molecule has 0 radical (unpaired) electrons. The lowest BCUT2D eigenvalue weighted by atomic mass is 10.2. The van der Waals surface area contributed by atoms with Crippen LogP contribution in [0.2, 0.25) is 0 Å². The maximum Gasteiger partial charge on any atom is 0.305 e. The van der Waals surface area contributed by atoms with E-state index < -0.39 is 0 Å². The van der Waals surface area contributed by atoms with Gasteiger partial charge in [-0.2, -0.15) is 0 Å². The van der Waals surface area contributed by atoms with Gasteiger partial charge in [0.1, 0.15) is 0 Å². The molecule has 0 bridgehead atoms. The van der Waals surface area contributed by atoms with Crippen LogP contribution in [-0.4, -0.2) is 15.6 Å². The average Bonchev–Trinajstić information content (AvgIpc) is 3.10. The molecule has 0 saturated heterocycles. The van der Waals surface area contributed by atoms with Crippen LogP contribution in [0.5, 0.6) is 0 Å². The quantitative estimate of drug-likeness (QED) is 0.726. The van der Waals surface area contributed by atoms with Crippen LogP contribution in [0.15, 0.2) is 59.3 Å². The van der Waals surface area contributed by atoms with E-state index in [9.17, 15) is 4.79 Å². The van der Waals surface area contributed by atoms with E-state index in [2.05, 4.69) is 10.4 Å². The SMILES string of the molecule is O=C(Nn1cc(-c2ccccc2)[nH]c1=S)c1ccco1. The van der Waals surface area contributed by atoms with E-state index in [0.29, 0.717) is 4.77 Å². The Kier molecular flexibility index (Phi) is 3.22. The van der Waals surface area contributed by atoms with Crippen molar-refractivity contribution in [2.75, 3.05) is 5.43 Å². The number of amides is 1. The zero-order valence-electron chi connectivity index (χ0n) is 10.4. The number of imidazole rings is 1. The van der Waals surface area contributed by atoms with Gasteiger partial charge in [0.05, 0.1) is 18.2 Å². The molecular weight excluding hydrogens is 274 g/mol. The third kappa shape index (κ3) is 2.41. The molecular formula is C14H11N3O2S. The van der Waals surface area contributed by atoms with Gasteiger partial charge < -0.3 is 9.40 Å². The highest BCUT2D eigenvalue weighted by atomic mass is 32.1. The number of benzene rings is 1. The van der Waals surface area contributed by atoms with Crippen LogP contribution in [0.3, 0.4) is 0 Å². The molecule has 0 spiro atoms. The molecule has 0 aliphatic carbocycles. The number of furan rings is 1. The summed E-state index contributed by atoms with van der Waals surface area (Å²) in [4.78, 5) is 14.9. The van der Waals surface area contributed by atoms with Crippen molar-refractivity contribution in [3.8, 4) is 11.3 Å². The second kappa shape index (κ2) is 5.18. The van der Waals surface area contributed by atoms with Gasteiger partial charge in [-0.1, -0.05) is 30.3 Å². The summed E-state index contributed by atoms with van der Waals surface area (Å²) in [7, 11) is 0. The van der Waals surface area contributed by atoms with Gasteiger partial charge in [-0.15, -0.1) is 0 Å². The van der Waals surface area contributed by atoms with Crippen molar-refractivity contribution in [1.29, 1.82) is 0 Å². The summed E-state index contributed by atoms with van der Waals surface area (Å²) in [5.41, 5.74) is 4.47. The summed E-state index contributed by atoms with van der Waals surface area (Å²) in [5.74, 6) is -0.126. The lowest BCUT2D eigenvalue weighted by molar-refractivity contribution is 0.0981. The molecule has 0 atom stereocenters. The third-order valence-corrected chi connectivity index (χ3v) is 3.07. The molecule has 5 nitrogen and oxygen atoms in total. The summed E-state index contributed by atoms with van der Waals surface area (Å²) in [6, 6.07) is 13.0. The van der Waals surface area contributed by atoms with E-state index in [1.807, 2.05) is 30.3 Å². The first-order chi connectivity index (χ1) is 9.74.